The van der Waals surface area contributed by atoms with Gasteiger partial charge in [0.05, 0.1) is 5.69 Å². The van der Waals surface area contributed by atoms with Gasteiger partial charge < -0.3 is 10.6 Å². The van der Waals surface area contributed by atoms with E-state index in [1.807, 2.05) is 6.07 Å². The van der Waals surface area contributed by atoms with Crippen LogP contribution in [0.3, 0.4) is 0 Å². The van der Waals surface area contributed by atoms with Crippen molar-refractivity contribution in [3.63, 3.8) is 0 Å². The lowest BCUT2D eigenvalue weighted by atomic mass is 9.85. The number of hydrogen-bond donors (Lipinski definition) is 1. The van der Waals surface area contributed by atoms with Crippen LogP contribution in [-0.4, -0.2) is 23.1 Å². The van der Waals surface area contributed by atoms with Crippen molar-refractivity contribution >= 4 is 5.95 Å². The Morgan fingerprint density at radius 3 is 2.88 bits per heavy atom. The molecule has 0 saturated heterocycles. The van der Waals surface area contributed by atoms with Gasteiger partial charge in [-0.05, 0) is 31.7 Å². The molecule has 2 rings (SSSR count). The molecule has 0 unspecified atom stereocenters. The SMILES string of the molecule is CCN(CC1CCC1)c1nccc(CN)n1. The second-order valence-corrected chi connectivity index (χ2v) is 4.39. The predicted molar refractivity (Wildman–Crippen MR) is 65.2 cm³/mol. The smallest absolute Gasteiger partial charge is 0.225 e. The zero-order chi connectivity index (χ0) is 11.4. The van der Waals surface area contributed by atoms with Crippen molar-refractivity contribution in [3.05, 3.63) is 18.0 Å². The lowest BCUT2D eigenvalue weighted by molar-refractivity contribution is 0.317. The molecule has 0 aromatic carbocycles. The molecule has 0 bridgehead atoms. The fourth-order valence-electron chi connectivity index (χ4n) is 1.99. The zero-order valence-corrected chi connectivity index (χ0v) is 9.89. The quantitative estimate of drug-likeness (QED) is 0.818. The maximum absolute atomic E-state index is 5.59. The third-order valence-corrected chi connectivity index (χ3v) is 3.28. The predicted octanol–water partition coefficient (Wildman–Crippen LogP) is 1.56. The molecule has 4 heteroatoms. The summed E-state index contributed by atoms with van der Waals surface area (Å²) in [6.07, 6.45) is 5.89. The van der Waals surface area contributed by atoms with Crippen molar-refractivity contribution in [2.24, 2.45) is 11.7 Å². The van der Waals surface area contributed by atoms with E-state index in [1.165, 1.54) is 19.3 Å². The molecular formula is C12H20N4. The largest absolute Gasteiger partial charge is 0.341 e. The molecule has 1 aliphatic carbocycles. The van der Waals surface area contributed by atoms with Gasteiger partial charge in [-0.25, -0.2) is 9.97 Å². The van der Waals surface area contributed by atoms with E-state index in [2.05, 4.69) is 21.8 Å². The third kappa shape index (κ3) is 2.50. The zero-order valence-electron chi connectivity index (χ0n) is 9.89. The van der Waals surface area contributed by atoms with Crippen LogP contribution in [-0.2, 0) is 6.54 Å². The molecule has 1 heterocycles. The highest BCUT2D eigenvalue weighted by atomic mass is 15.2. The van der Waals surface area contributed by atoms with Gasteiger partial charge in [-0.3, -0.25) is 0 Å². The summed E-state index contributed by atoms with van der Waals surface area (Å²) < 4.78 is 0. The molecule has 1 saturated carbocycles. The van der Waals surface area contributed by atoms with Gasteiger partial charge in [0, 0.05) is 25.8 Å². The monoisotopic (exact) mass is 220 g/mol. The Labute approximate surface area is 96.9 Å². The van der Waals surface area contributed by atoms with Gasteiger partial charge in [0.25, 0.3) is 0 Å². The normalized spacial score (nSPS) is 15.9. The second-order valence-electron chi connectivity index (χ2n) is 4.39. The van der Waals surface area contributed by atoms with Crippen molar-refractivity contribution in [3.8, 4) is 0 Å². The van der Waals surface area contributed by atoms with Gasteiger partial charge in [0.2, 0.25) is 5.95 Å². The van der Waals surface area contributed by atoms with Crippen LogP contribution in [0.15, 0.2) is 12.3 Å². The van der Waals surface area contributed by atoms with Crippen molar-refractivity contribution < 1.29 is 0 Å². The number of nitrogens with two attached hydrogens (primary N) is 1. The maximum atomic E-state index is 5.59. The lowest BCUT2D eigenvalue weighted by Gasteiger charge is -2.31. The van der Waals surface area contributed by atoms with E-state index in [1.54, 1.807) is 6.20 Å². The highest BCUT2D eigenvalue weighted by Gasteiger charge is 2.21. The Morgan fingerprint density at radius 1 is 1.50 bits per heavy atom. The van der Waals surface area contributed by atoms with Crippen LogP contribution in [0.1, 0.15) is 31.9 Å². The highest BCUT2D eigenvalue weighted by molar-refractivity contribution is 5.30. The minimum absolute atomic E-state index is 0.483. The van der Waals surface area contributed by atoms with Crippen LogP contribution < -0.4 is 10.6 Å². The first-order valence-electron chi connectivity index (χ1n) is 6.10. The fourth-order valence-corrected chi connectivity index (χ4v) is 1.99. The summed E-state index contributed by atoms with van der Waals surface area (Å²) >= 11 is 0. The Hall–Kier alpha value is -1.16. The molecule has 0 spiro atoms. The summed E-state index contributed by atoms with van der Waals surface area (Å²) in [5, 5.41) is 0. The molecule has 2 N–H and O–H groups in total. The number of aromatic nitrogens is 2. The fraction of sp³-hybridized carbons (Fsp3) is 0.667. The first-order chi connectivity index (χ1) is 7.83. The number of anilines is 1. The topological polar surface area (TPSA) is 55.0 Å². The highest BCUT2D eigenvalue weighted by Crippen LogP contribution is 2.27. The van der Waals surface area contributed by atoms with Crippen LogP contribution in [0.4, 0.5) is 5.95 Å². The van der Waals surface area contributed by atoms with E-state index in [0.717, 1.165) is 30.6 Å². The average molecular weight is 220 g/mol. The van der Waals surface area contributed by atoms with Gasteiger partial charge in [-0.2, -0.15) is 0 Å². The molecule has 0 amide bonds. The maximum Gasteiger partial charge on any atom is 0.225 e. The standard InChI is InChI=1S/C12H20N4/c1-2-16(9-10-4-3-5-10)12-14-7-6-11(8-13)15-12/h6-7,10H,2-5,8-9,13H2,1H3. The van der Waals surface area contributed by atoms with E-state index in [-0.39, 0.29) is 0 Å². The molecule has 88 valence electrons. The van der Waals surface area contributed by atoms with Crippen molar-refractivity contribution in [2.75, 3.05) is 18.0 Å². The minimum Gasteiger partial charge on any atom is -0.341 e. The van der Waals surface area contributed by atoms with E-state index < -0.39 is 0 Å². The molecule has 16 heavy (non-hydrogen) atoms. The van der Waals surface area contributed by atoms with E-state index in [0.29, 0.717) is 6.54 Å². The van der Waals surface area contributed by atoms with Crippen molar-refractivity contribution in [1.29, 1.82) is 0 Å². The molecule has 1 aliphatic rings. The molecule has 1 aromatic rings. The van der Waals surface area contributed by atoms with Crippen LogP contribution in [0.25, 0.3) is 0 Å². The van der Waals surface area contributed by atoms with Crippen molar-refractivity contribution in [1.82, 2.24) is 9.97 Å². The molecule has 1 aromatic heterocycles. The summed E-state index contributed by atoms with van der Waals surface area (Å²) in [6, 6.07) is 1.88. The summed E-state index contributed by atoms with van der Waals surface area (Å²) in [5.74, 6) is 1.67. The number of hydrogen-bond acceptors (Lipinski definition) is 4. The molecule has 0 aliphatic heterocycles. The second kappa shape index (κ2) is 5.25. The van der Waals surface area contributed by atoms with Gasteiger partial charge in [-0.1, -0.05) is 6.42 Å². The average Bonchev–Trinajstić information content (AvgIpc) is 2.28. The van der Waals surface area contributed by atoms with Gasteiger partial charge in [-0.15, -0.1) is 0 Å². The summed E-state index contributed by atoms with van der Waals surface area (Å²) in [5.41, 5.74) is 6.50. The molecule has 1 fully saturated rings. The number of nitrogens with zero attached hydrogens (tertiary/aromatic N) is 3. The molecule has 0 atom stereocenters. The Morgan fingerprint density at radius 2 is 2.31 bits per heavy atom. The number of rotatable bonds is 5. The lowest BCUT2D eigenvalue weighted by Crippen LogP contribution is -2.33. The van der Waals surface area contributed by atoms with Crippen LogP contribution in [0, 0.1) is 5.92 Å². The Balaban J connectivity index is 2.05. The van der Waals surface area contributed by atoms with Gasteiger partial charge in [0.1, 0.15) is 0 Å². The van der Waals surface area contributed by atoms with Crippen LogP contribution in [0.2, 0.25) is 0 Å². The molecular weight excluding hydrogens is 200 g/mol. The molecule has 0 radical (unpaired) electrons. The Kier molecular flexibility index (Phi) is 3.72. The van der Waals surface area contributed by atoms with Crippen LogP contribution in [0.5, 0.6) is 0 Å². The van der Waals surface area contributed by atoms with Gasteiger partial charge in [0.15, 0.2) is 0 Å². The van der Waals surface area contributed by atoms with Crippen molar-refractivity contribution in [2.45, 2.75) is 32.7 Å². The van der Waals surface area contributed by atoms with Crippen LogP contribution >= 0.6 is 0 Å². The summed E-state index contributed by atoms with van der Waals surface area (Å²) in [4.78, 5) is 11.0. The minimum atomic E-state index is 0.483. The van der Waals surface area contributed by atoms with Gasteiger partial charge >= 0.3 is 0 Å². The first-order valence-corrected chi connectivity index (χ1v) is 6.10. The Bertz CT molecular complexity index is 336. The molecule has 4 nitrogen and oxygen atoms in total. The van der Waals surface area contributed by atoms with E-state index in [4.69, 9.17) is 5.73 Å². The van der Waals surface area contributed by atoms with E-state index >= 15 is 0 Å². The van der Waals surface area contributed by atoms with E-state index in [9.17, 15) is 0 Å². The summed E-state index contributed by atoms with van der Waals surface area (Å²) in [7, 11) is 0. The summed E-state index contributed by atoms with van der Waals surface area (Å²) in [6.45, 7) is 4.68. The third-order valence-electron chi connectivity index (χ3n) is 3.28. The first kappa shape index (κ1) is 11.3.